The highest BCUT2D eigenvalue weighted by Gasteiger charge is 2.65. The number of nitrogens with one attached hydrogen (secondary N) is 1. The fourth-order valence-electron chi connectivity index (χ4n) is 3.29. The van der Waals surface area contributed by atoms with Gasteiger partial charge in [-0.25, -0.2) is 0 Å². The topological polar surface area (TPSA) is 12.0 Å². The minimum atomic E-state index is -9.63. The van der Waals surface area contributed by atoms with Crippen LogP contribution in [0.25, 0.3) is 10.8 Å². The van der Waals surface area contributed by atoms with Crippen LogP contribution >= 0.6 is 22.6 Å². The van der Waals surface area contributed by atoms with Gasteiger partial charge < -0.3 is 5.32 Å². The van der Waals surface area contributed by atoms with Crippen molar-refractivity contribution in [2.45, 2.75) is 30.7 Å². The van der Waals surface area contributed by atoms with Crippen LogP contribution in [-0.2, 0) is 6.42 Å². The molecule has 0 amide bonds. The second kappa shape index (κ2) is 7.78. The van der Waals surface area contributed by atoms with E-state index in [1.807, 2.05) is 49.4 Å². The van der Waals surface area contributed by atoms with Crippen molar-refractivity contribution >= 4 is 33.4 Å². The second-order valence-corrected chi connectivity index (χ2v) is 9.37. The molecule has 0 aromatic heterocycles. The maximum Gasteiger partial charge on any atom is 0.310 e. The quantitative estimate of drug-likeness (QED) is 0.282. The Kier molecular flexibility index (Phi) is 6.29. The average molecular weight is 452 g/mol. The smallest absolute Gasteiger partial charge is 0.310 e. The molecule has 0 spiro atoms. The molecule has 3 aromatic rings. The van der Waals surface area contributed by atoms with E-state index in [-0.39, 0.29) is 30.4 Å². The van der Waals surface area contributed by atoms with Crippen LogP contribution in [0.4, 0.5) is 19.4 Å². The fraction of sp³-hybridized carbons (Fsp3) is 0.238. The molecule has 0 aliphatic rings. The molecule has 0 aliphatic heterocycles. The lowest BCUT2D eigenvalue weighted by molar-refractivity contribution is 0.364. The Balaban J connectivity index is 0.00000300. The van der Waals surface area contributed by atoms with Gasteiger partial charge in [0.15, 0.2) is 0 Å². The first kappa shape index (κ1) is 23.4. The third-order valence-electron chi connectivity index (χ3n) is 4.73. The number of benzene rings is 3. The molecular formula is C21H23ClF5NS. The van der Waals surface area contributed by atoms with Crippen LogP contribution in [0, 0.1) is 0 Å². The maximum atomic E-state index is 12.9. The Bertz CT molecular complexity index is 987. The van der Waals surface area contributed by atoms with Gasteiger partial charge in [0.2, 0.25) is 0 Å². The summed E-state index contributed by atoms with van der Waals surface area (Å²) < 4.78 is 64.6. The first-order valence-electron chi connectivity index (χ1n) is 8.98. The number of halogens is 6. The average Bonchev–Trinajstić information content (AvgIpc) is 2.63. The van der Waals surface area contributed by atoms with Crippen LogP contribution in [0.5, 0.6) is 0 Å². The van der Waals surface area contributed by atoms with Crippen molar-refractivity contribution in [2.75, 3.05) is 6.54 Å². The van der Waals surface area contributed by atoms with Crippen molar-refractivity contribution in [3.05, 3.63) is 77.9 Å². The second-order valence-electron chi connectivity index (χ2n) is 6.96. The lowest BCUT2D eigenvalue weighted by Gasteiger charge is -2.40. The van der Waals surface area contributed by atoms with Gasteiger partial charge in [0.1, 0.15) is 4.90 Å². The van der Waals surface area contributed by atoms with Crippen LogP contribution in [0.15, 0.2) is 71.6 Å². The van der Waals surface area contributed by atoms with E-state index in [0.29, 0.717) is 25.1 Å². The molecule has 3 rings (SSSR count). The predicted octanol–water partition coefficient (Wildman–Crippen LogP) is 8.20. The van der Waals surface area contributed by atoms with E-state index in [0.717, 1.165) is 22.4 Å². The zero-order chi connectivity index (χ0) is 20.5. The molecular weight excluding hydrogens is 429 g/mol. The van der Waals surface area contributed by atoms with E-state index in [1.165, 1.54) is 6.07 Å². The third kappa shape index (κ3) is 6.07. The lowest BCUT2D eigenvalue weighted by atomic mass is 9.99. The summed E-state index contributed by atoms with van der Waals surface area (Å²) in [5, 5.41) is 5.65. The van der Waals surface area contributed by atoms with Gasteiger partial charge in [-0.3, -0.25) is 0 Å². The zero-order valence-corrected chi connectivity index (χ0v) is 17.4. The molecule has 0 saturated carbocycles. The summed E-state index contributed by atoms with van der Waals surface area (Å²) in [5.41, 5.74) is 1.39. The van der Waals surface area contributed by atoms with Crippen LogP contribution < -0.4 is 5.32 Å². The molecule has 1 atom stereocenters. The van der Waals surface area contributed by atoms with Gasteiger partial charge in [0, 0.05) is 6.04 Å². The summed E-state index contributed by atoms with van der Waals surface area (Å²) in [6.07, 6.45) is 0.829. The minimum Gasteiger partial charge on any atom is -0.310 e. The Morgan fingerprint density at radius 1 is 0.862 bits per heavy atom. The number of aryl methyl sites for hydroxylation is 1. The molecule has 0 saturated heterocycles. The number of fused-ring (bicyclic) bond motifs is 1. The zero-order valence-electron chi connectivity index (χ0n) is 15.8. The highest BCUT2D eigenvalue weighted by Crippen LogP contribution is 3.02. The summed E-state index contributed by atoms with van der Waals surface area (Å²) in [6.45, 7) is 2.58. The van der Waals surface area contributed by atoms with Crippen LogP contribution in [0.3, 0.4) is 0 Å². The van der Waals surface area contributed by atoms with E-state index < -0.39 is 15.1 Å². The van der Waals surface area contributed by atoms with Gasteiger partial charge in [0.25, 0.3) is 0 Å². The molecule has 0 bridgehead atoms. The Morgan fingerprint density at radius 2 is 1.52 bits per heavy atom. The van der Waals surface area contributed by atoms with Gasteiger partial charge in [-0.15, -0.1) is 12.4 Å². The largest absolute Gasteiger partial charge is 0.310 e. The molecule has 8 heteroatoms. The van der Waals surface area contributed by atoms with Gasteiger partial charge in [-0.2, -0.15) is 0 Å². The number of hydrogen-bond acceptors (Lipinski definition) is 1. The van der Waals surface area contributed by atoms with Gasteiger partial charge in [-0.05, 0) is 60.3 Å². The molecule has 29 heavy (non-hydrogen) atoms. The monoisotopic (exact) mass is 451 g/mol. The normalized spacial score (nSPS) is 15.2. The Labute approximate surface area is 173 Å². The third-order valence-corrected chi connectivity index (χ3v) is 5.87. The molecule has 1 nitrogen and oxygen atoms in total. The lowest BCUT2D eigenvalue weighted by Crippen LogP contribution is -2.20. The van der Waals surface area contributed by atoms with E-state index in [2.05, 4.69) is 5.32 Å². The van der Waals surface area contributed by atoms with Crippen LogP contribution in [0.2, 0.25) is 0 Å². The fourth-order valence-corrected chi connectivity index (χ4v) is 4.00. The van der Waals surface area contributed by atoms with E-state index in [9.17, 15) is 19.4 Å². The molecule has 0 unspecified atom stereocenters. The SMILES string of the molecule is C[C@@H](NCCCc1cccc(S(F)(F)(F)(F)F)c1)c1cccc2ccccc12.Cl. The molecule has 0 radical (unpaired) electrons. The highest BCUT2D eigenvalue weighted by atomic mass is 35.5. The number of rotatable bonds is 7. The summed E-state index contributed by atoms with van der Waals surface area (Å²) in [4.78, 5) is -1.82. The molecule has 0 aliphatic carbocycles. The summed E-state index contributed by atoms with van der Waals surface area (Å²) >= 11 is 0. The van der Waals surface area contributed by atoms with Gasteiger partial charge in [0.05, 0.1) is 0 Å². The summed E-state index contributed by atoms with van der Waals surface area (Å²) in [7, 11) is -9.63. The standard InChI is InChI=1S/C21H22F5NS.ClH/c1-16(20-13-5-10-18-9-2-3-12-21(18)20)27-14-6-8-17-7-4-11-19(15-17)28(22,23,24,25)26;/h2-5,7,9-13,15-16,27H,6,8,14H2,1H3;1H/t16-;/m1./s1. The maximum absolute atomic E-state index is 12.9. The van der Waals surface area contributed by atoms with E-state index >= 15 is 0 Å². The molecule has 3 aromatic carbocycles. The molecule has 0 heterocycles. The van der Waals surface area contributed by atoms with Crippen molar-refractivity contribution < 1.29 is 19.4 Å². The first-order chi connectivity index (χ1) is 12.9. The van der Waals surface area contributed by atoms with Gasteiger partial charge >= 0.3 is 10.2 Å². The van der Waals surface area contributed by atoms with Crippen molar-refractivity contribution in [2.24, 2.45) is 0 Å². The molecule has 160 valence electrons. The van der Waals surface area contributed by atoms with Crippen molar-refractivity contribution in [1.29, 1.82) is 0 Å². The predicted molar refractivity (Wildman–Crippen MR) is 114 cm³/mol. The Hall–Kier alpha value is -1.83. The van der Waals surface area contributed by atoms with Gasteiger partial charge in [-0.1, -0.05) is 74.0 Å². The van der Waals surface area contributed by atoms with Crippen molar-refractivity contribution in [3.8, 4) is 0 Å². The summed E-state index contributed by atoms with van der Waals surface area (Å²) in [6, 6.07) is 17.6. The van der Waals surface area contributed by atoms with E-state index in [4.69, 9.17) is 0 Å². The first-order valence-corrected chi connectivity index (χ1v) is 10.9. The molecule has 0 fully saturated rings. The van der Waals surface area contributed by atoms with Crippen LogP contribution in [0.1, 0.15) is 30.5 Å². The van der Waals surface area contributed by atoms with Crippen molar-refractivity contribution in [3.63, 3.8) is 0 Å². The highest BCUT2D eigenvalue weighted by molar-refractivity contribution is 8.45. The Morgan fingerprint density at radius 3 is 2.24 bits per heavy atom. The number of hydrogen-bond donors (Lipinski definition) is 1. The van der Waals surface area contributed by atoms with Crippen LogP contribution in [-0.4, -0.2) is 6.54 Å². The van der Waals surface area contributed by atoms with E-state index in [1.54, 1.807) is 0 Å². The van der Waals surface area contributed by atoms with Crippen molar-refractivity contribution in [1.82, 2.24) is 5.32 Å². The summed E-state index contributed by atoms with van der Waals surface area (Å²) in [5.74, 6) is 0. The minimum absolute atomic E-state index is 0. The molecule has 1 N–H and O–H groups in total.